The molecule has 0 atom stereocenters. The van der Waals surface area contributed by atoms with Crippen LogP contribution < -0.4 is 0 Å². The van der Waals surface area contributed by atoms with Gasteiger partial charge in [-0.3, -0.25) is 9.59 Å². The minimum Gasteiger partial charge on any atom is -0.481 e. The maximum Gasteiger partial charge on any atom is 0.305 e. The van der Waals surface area contributed by atoms with E-state index in [4.69, 9.17) is 5.11 Å². The SMILES string of the molecule is CCn1cccc1C(=O)N(CCC(=O)O)C1CC1. The van der Waals surface area contributed by atoms with Crippen LogP contribution in [0.25, 0.3) is 0 Å². The highest BCUT2D eigenvalue weighted by Crippen LogP contribution is 2.28. The van der Waals surface area contributed by atoms with Crippen LogP contribution in [0.4, 0.5) is 0 Å². The van der Waals surface area contributed by atoms with Crippen molar-refractivity contribution in [3.8, 4) is 0 Å². The van der Waals surface area contributed by atoms with Crippen LogP contribution in [0, 0.1) is 0 Å². The Morgan fingerprint density at radius 1 is 1.50 bits per heavy atom. The van der Waals surface area contributed by atoms with Crippen LogP contribution in [0.1, 0.15) is 36.7 Å². The number of amides is 1. The summed E-state index contributed by atoms with van der Waals surface area (Å²) in [5, 5.41) is 8.73. The van der Waals surface area contributed by atoms with Crippen LogP contribution >= 0.6 is 0 Å². The number of carbonyl (C=O) groups is 2. The molecule has 1 aromatic heterocycles. The molecule has 2 rings (SSSR count). The Balaban J connectivity index is 2.10. The van der Waals surface area contributed by atoms with Crippen molar-refractivity contribution < 1.29 is 14.7 Å². The van der Waals surface area contributed by atoms with Crippen molar-refractivity contribution in [1.82, 2.24) is 9.47 Å². The van der Waals surface area contributed by atoms with Gasteiger partial charge in [0.05, 0.1) is 6.42 Å². The third-order valence-corrected chi connectivity index (χ3v) is 3.20. The van der Waals surface area contributed by atoms with E-state index in [-0.39, 0.29) is 18.4 Å². The van der Waals surface area contributed by atoms with Crippen molar-refractivity contribution >= 4 is 11.9 Å². The van der Waals surface area contributed by atoms with Gasteiger partial charge in [0.15, 0.2) is 0 Å². The summed E-state index contributed by atoms with van der Waals surface area (Å²) < 4.78 is 1.89. The molecule has 18 heavy (non-hydrogen) atoms. The van der Waals surface area contributed by atoms with E-state index in [9.17, 15) is 9.59 Å². The molecule has 98 valence electrons. The highest BCUT2D eigenvalue weighted by atomic mass is 16.4. The molecule has 0 radical (unpaired) electrons. The fraction of sp³-hybridized carbons (Fsp3) is 0.538. The van der Waals surface area contributed by atoms with Crippen LogP contribution in [-0.4, -0.2) is 39.0 Å². The molecule has 5 heteroatoms. The zero-order valence-corrected chi connectivity index (χ0v) is 10.5. The zero-order valence-electron chi connectivity index (χ0n) is 10.5. The van der Waals surface area contributed by atoms with Crippen LogP contribution in [-0.2, 0) is 11.3 Å². The molecule has 1 heterocycles. The van der Waals surface area contributed by atoms with E-state index >= 15 is 0 Å². The van der Waals surface area contributed by atoms with E-state index in [1.54, 1.807) is 11.0 Å². The third kappa shape index (κ3) is 2.72. The highest BCUT2D eigenvalue weighted by Gasteiger charge is 2.33. The van der Waals surface area contributed by atoms with Gasteiger partial charge in [0.2, 0.25) is 0 Å². The summed E-state index contributed by atoms with van der Waals surface area (Å²) in [6.45, 7) is 3.02. The second-order valence-corrected chi connectivity index (χ2v) is 4.55. The average molecular weight is 250 g/mol. The molecule has 1 N–H and O–H groups in total. The lowest BCUT2D eigenvalue weighted by Crippen LogP contribution is -2.36. The van der Waals surface area contributed by atoms with Crippen molar-refractivity contribution in [1.29, 1.82) is 0 Å². The van der Waals surface area contributed by atoms with Gasteiger partial charge in [0.1, 0.15) is 5.69 Å². The van der Waals surface area contributed by atoms with E-state index < -0.39 is 5.97 Å². The van der Waals surface area contributed by atoms with Gasteiger partial charge in [0, 0.05) is 25.3 Å². The first-order chi connectivity index (χ1) is 8.63. The van der Waals surface area contributed by atoms with Gasteiger partial charge in [-0.15, -0.1) is 0 Å². The Morgan fingerprint density at radius 2 is 2.22 bits per heavy atom. The molecule has 1 amide bonds. The highest BCUT2D eigenvalue weighted by molar-refractivity contribution is 5.93. The van der Waals surface area contributed by atoms with Gasteiger partial charge < -0.3 is 14.6 Å². The molecule has 5 nitrogen and oxygen atoms in total. The van der Waals surface area contributed by atoms with Gasteiger partial charge in [-0.25, -0.2) is 0 Å². The number of carboxylic acids is 1. The average Bonchev–Trinajstić information content (AvgIpc) is 3.06. The minimum atomic E-state index is -0.862. The predicted molar refractivity (Wildman–Crippen MR) is 66.4 cm³/mol. The van der Waals surface area contributed by atoms with Crippen LogP contribution in [0.15, 0.2) is 18.3 Å². The Morgan fingerprint density at radius 3 is 2.78 bits per heavy atom. The molecule has 1 aromatic rings. The normalized spacial score (nSPS) is 14.5. The van der Waals surface area contributed by atoms with E-state index in [1.807, 2.05) is 23.8 Å². The number of hydrogen-bond acceptors (Lipinski definition) is 2. The molecule has 0 saturated heterocycles. The third-order valence-electron chi connectivity index (χ3n) is 3.20. The van der Waals surface area contributed by atoms with Gasteiger partial charge in [-0.05, 0) is 31.9 Å². The van der Waals surface area contributed by atoms with Crippen LogP contribution in [0.2, 0.25) is 0 Å². The van der Waals surface area contributed by atoms with E-state index in [1.165, 1.54) is 0 Å². The van der Waals surface area contributed by atoms with Gasteiger partial charge in [-0.2, -0.15) is 0 Å². The first-order valence-corrected chi connectivity index (χ1v) is 6.31. The minimum absolute atomic E-state index is 0.00900. The molecule has 0 bridgehead atoms. The van der Waals surface area contributed by atoms with E-state index in [0.29, 0.717) is 12.2 Å². The van der Waals surface area contributed by atoms with Gasteiger partial charge >= 0.3 is 5.97 Å². The fourth-order valence-corrected chi connectivity index (χ4v) is 2.08. The van der Waals surface area contributed by atoms with E-state index in [2.05, 4.69) is 0 Å². The maximum absolute atomic E-state index is 12.4. The Hall–Kier alpha value is -1.78. The second-order valence-electron chi connectivity index (χ2n) is 4.55. The van der Waals surface area contributed by atoms with Crippen LogP contribution in [0.5, 0.6) is 0 Å². The largest absolute Gasteiger partial charge is 0.481 e. The summed E-state index contributed by atoms with van der Waals surface area (Å²) in [7, 11) is 0. The number of carbonyl (C=O) groups excluding carboxylic acids is 1. The van der Waals surface area contributed by atoms with Crippen LogP contribution in [0.3, 0.4) is 0 Å². The molecular weight excluding hydrogens is 232 g/mol. The molecule has 1 aliphatic rings. The number of hydrogen-bond donors (Lipinski definition) is 1. The molecule has 0 aliphatic heterocycles. The molecule has 1 saturated carbocycles. The summed E-state index contributed by atoms with van der Waals surface area (Å²) in [6.07, 6.45) is 3.85. The number of carboxylic acid groups (broad SMARTS) is 1. The van der Waals surface area contributed by atoms with Crippen molar-refractivity contribution in [2.75, 3.05) is 6.54 Å². The standard InChI is InChI=1S/C13H18N2O3/c1-2-14-8-3-4-11(14)13(18)15(10-5-6-10)9-7-12(16)17/h3-4,8,10H,2,5-7,9H2,1H3,(H,16,17). The maximum atomic E-state index is 12.4. The summed E-state index contributed by atoms with van der Waals surface area (Å²) in [4.78, 5) is 24.7. The summed E-state index contributed by atoms with van der Waals surface area (Å²) in [6, 6.07) is 3.87. The number of rotatable bonds is 6. The van der Waals surface area contributed by atoms with Crippen molar-refractivity contribution in [2.45, 2.75) is 38.8 Å². The number of aromatic nitrogens is 1. The Bertz CT molecular complexity index is 449. The van der Waals surface area contributed by atoms with Crippen molar-refractivity contribution in [3.05, 3.63) is 24.0 Å². The lowest BCUT2D eigenvalue weighted by molar-refractivity contribution is -0.137. The van der Waals surface area contributed by atoms with E-state index in [0.717, 1.165) is 19.4 Å². The zero-order chi connectivity index (χ0) is 13.1. The first-order valence-electron chi connectivity index (χ1n) is 6.31. The molecular formula is C13H18N2O3. The monoisotopic (exact) mass is 250 g/mol. The summed E-state index contributed by atoms with van der Waals surface area (Å²) in [5.74, 6) is -0.912. The van der Waals surface area contributed by atoms with Crippen molar-refractivity contribution in [2.24, 2.45) is 0 Å². The molecule has 1 aliphatic carbocycles. The fourth-order valence-electron chi connectivity index (χ4n) is 2.08. The number of aliphatic carboxylic acids is 1. The quantitative estimate of drug-likeness (QED) is 0.834. The molecule has 0 unspecified atom stereocenters. The van der Waals surface area contributed by atoms with Crippen molar-refractivity contribution in [3.63, 3.8) is 0 Å². The predicted octanol–water partition coefficient (Wildman–Crippen LogP) is 1.59. The summed E-state index contributed by atoms with van der Waals surface area (Å²) in [5.41, 5.74) is 0.648. The van der Waals surface area contributed by atoms with Gasteiger partial charge in [-0.1, -0.05) is 0 Å². The first kappa shape index (κ1) is 12.7. The molecule has 0 spiro atoms. The smallest absolute Gasteiger partial charge is 0.305 e. The lowest BCUT2D eigenvalue weighted by Gasteiger charge is -2.22. The molecule has 0 aromatic carbocycles. The topological polar surface area (TPSA) is 62.5 Å². The number of aryl methyl sites for hydroxylation is 1. The Kier molecular flexibility index (Phi) is 3.69. The Labute approximate surface area is 106 Å². The number of nitrogens with zero attached hydrogens (tertiary/aromatic N) is 2. The molecule has 1 fully saturated rings. The summed E-state index contributed by atoms with van der Waals surface area (Å²) >= 11 is 0. The second kappa shape index (κ2) is 5.25. The lowest BCUT2D eigenvalue weighted by atomic mass is 10.3. The van der Waals surface area contributed by atoms with Gasteiger partial charge in [0.25, 0.3) is 5.91 Å².